The molecule has 350 valence electrons. The molecule has 4 aromatic heterocycles. The first-order chi connectivity index (χ1) is 34.3. The van der Waals surface area contributed by atoms with Crippen LogP contribution in [0.5, 0.6) is 0 Å². The van der Waals surface area contributed by atoms with Gasteiger partial charge in [0.05, 0.1) is 59.6 Å². The van der Waals surface area contributed by atoms with Crippen molar-refractivity contribution in [1.29, 1.82) is 0 Å². The minimum absolute atomic E-state index is 0.212. The monoisotopic (exact) mass is 930 g/mol. The maximum absolute atomic E-state index is 14.3. The summed E-state index contributed by atoms with van der Waals surface area (Å²) in [4.78, 5) is 83.0. The van der Waals surface area contributed by atoms with Crippen LogP contribution < -0.4 is 21.3 Å². The van der Waals surface area contributed by atoms with Gasteiger partial charge in [0.1, 0.15) is 23.7 Å². The zero-order chi connectivity index (χ0) is 47.8. The third kappa shape index (κ3) is 10.0. The molecule has 2 aliphatic rings. The van der Waals surface area contributed by atoms with Crippen molar-refractivity contribution in [3.05, 3.63) is 193 Å². The predicted octanol–water partition coefficient (Wildman–Crippen LogP) is 9.38. The number of hydrogen-bond donors (Lipinski definition) is 6. The normalized spacial score (nSPS) is 16.3. The van der Waals surface area contributed by atoms with E-state index in [0.29, 0.717) is 47.2 Å². The second kappa shape index (κ2) is 20.5. The van der Waals surface area contributed by atoms with Gasteiger partial charge in [0.15, 0.2) is 0 Å². The number of nitrogens with zero attached hydrogens (tertiary/aromatic N) is 6. The van der Waals surface area contributed by atoms with Gasteiger partial charge in [0.2, 0.25) is 11.8 Å². The molecule has 2 aliphatic heterocycles. The summed E-state index contributed by atoms with van der Waals surface area (Å²) in [6, 6.07) is 38.5. The summed E-state index contributed by atoms with van der Waals surface area (Å²) in [5.41, 5.74) is 8.05. The van der Waals surface area contributed by atoms with E-state index in [-0.39, 0.29) is 23.9 Å². The maximum atomic E-state index is 14.3. The van der Waals surface area contributed by atoms with Crippen LogP contribution in [0.4, 0.5) is 21.0 Å². The molecule has 4 aromatic carbocycles. The molecule has 0 saturated carbocycles. The summed E-state index contributed by atoms with van der Waals surface area (Å²) >= 11 is 0. The number of urea groups is 2. The third-order valence-corrected chi connectivity index (χ3v) is 12.8. The molecule has 10 rings (SSSR count). The number of rotatable bonds is 13. The Morgan fingerprint density at radius 3 is 1.27 bits per heavy atom. The maximum Gasteiger partial charge on any atom is 0.320 e. The minimum Gasteiger partial charge on any atom is -0.340 e. The molecule has 0 aliphatic carbocycles. The Morgan fingerprint density at radius 1 is 0.486 bits per heavy atom. The van der Waals surface area contributed by atoms with Gasteiger partial charge in [-0.05, 0) is 83.3 Å². The fraction of sp³-hybridized carbons (Fsp3) is 0.185. The first-order valence-corrected chi connectivity index (χ1v) is 23.3. The second-order valence-corrected chi connectivity index (χ2v) is 17.3. The van der Waals surface area contributed by atoms with Crippen LogP contribution in [0, 0.1) is 0 Å². The number of likely N-dealkylation sites (tertiary alicyclic amines) is 2. The van der Waals surface area contributed by atoms with E-state index < -0.39 is 24.1 Å². The zero-order valence-corrected chi connectivity index (χ0v) is 38.0. The lowest BCUT2D eigenvalue weighted by Gasteiger charge is -2.28. The summed E-state index contributed by atoms with van der Waals surface area (Å²) in [7, 11) is 0. The highest BCUT2D eigenvalue weighted by molar-refractivity contribution is 5.95. The highest BCUT2D eigenvalue weighted by Crippen LogP contribution is 2.36. The average molecular weight is 931 g/mol. The molecule has 0 bridgehead atoms. The van der Waals surface area contributed by atoms with Crippen LogP contribution in [0.25, 0.3) is 33.6 Å². The zero-order valence-electron chi connectivity index (χ0n) is 38.0. The molecule has 0 spiro atoms. The third-order valence-electron chi connectivity index (χ3n) is 12.8. The Balaban J connectivity index is 0.787. The Labute approximate surface area is 404 Å². The average Bonchev–Trinajstić information content (AvgIpc) is 4.27. The van der Waals surface area contributed by atoms with Gasteiger partial charge < -0.3 is 41.0 Å². The number of aromatic nitrogens is 6. The summed E-state index contributed by atoms with van der Waals surface area (Å²) in [6.45, 7) is 1.07. The smallest absolute Gasteiger partial charge is 0.320 e. The SMILES string of the molecule is O=C(Nc1cccnc1)N[C@@H](C(=O)N1CCCC1c1ncc(-c2ccc(-c3ccc(-c4cnc(C5CCCN5C(=O)[C@H](NC(=O)Nc5cccnc5)c5ccccc5)[nH]4)cc3)cc2)[nH]1)c1ccccc1. The summed E-state index contributed by atoms with van der Waals surface area (Å²) in [6.07, 6.45) is 13.0. The van der Waals surface area contributed by atoms with Crippen molar-refractivity contribution in [1.82, 2.24) is 50.3 Å². The van der Waals surface area contributed by atoms with Crippen LogP contribution in [-0.2, 0) is 9.59 Å². The predicted molar refractivity (Wildman–Crippen MR) is 266 cm³/mol. The number of nitrogens with one attached hydrogen (secondary N) is 6. The molecular weight excluding hydrogens is 881 g/mol. The molecule has 6 N–H and O–H groups in total. The molecule has 2 saturated heterocycles. The number of pyridine rings is 2. The molecule has 2 unspecified atom stereocenters. The number of imidazole rings is 2. The van der Waals surface area contributed by atoms with E-state index in [2.05, 4.69) is 89.7 Å². The molecule has 6 amide bonds. The van der Waals surface area contributed by atoms with Gasteiger partial charge >= 0.3 is 12.1 Å². The van der Waals surface area contributed by atoms with Crippen molar-refractivity contribution in [2.24, 2.45) is 0 Å². The molecule has 16 nitrogen and oxygen atoms in total. The van der Waals surface area contributed by atoms with Crippen LogP contribution >= 0.6 is 0 Å². The van der Waals surface area contributed by atoms with Gasteiger partial charge in [0.25, 0.3) is 0 Å². The Hall–Kier alpha value is -8.92. The van der Waals surface area contributed by atoms with Crippen molar-refractivity contribution in [2.45, 2.75) is 49.9 Å². The summed E-state index contributed by atoms with van der Waals surface area (Å²) in [5, 5.41) is 11.3. The van der Waals surface area contributed by atoms with Crippen LogP contribution in [-0.4, -0.2) is 76.7 Å². The van der Waals surface area contributed by atoms with E-state index in [1.807, 2.05) is 70.5 Å². The van der Waals surface area contributed by atoms with Crippen molar-refractivity contribution in [3.63, 3.8) is 0 Å². The minimum atomic E-state index is -0.907. The van der Waals surface area contributed by atoms with Gasteiger partial charge in [-0.25, -0.2) is 19.6 Å². The number of H-pyrrole nitrogens is 2. The fourth-order valence-electron chi connectivity index (χ4n) is 9.29. The molecule has 4 atom stereocenters. The topological polar surface area (TPSA) is 206 Å². The van der Waals surface area contributed by atoms with Crippen LogP contribution in [0.1, 0.15) is 72.6 Å². The van der Waals surface area contributed by atoms with E-state index in [9.17, 15) is 19.2 Å². The molecule has 6 heterocycles. The summed E-state index contributed by atoms with van der Waals surface area (Å²) in [5.74, 6) is 0.958. The largest absolute Gasteiger partial charge is 0.340 e. The number of aromatic amines is 2. The number of amides is 6. The second-order valence-electron chi connectivity index (χ2n) is 17.3. The molecule has 0 radical (unpaired) electrons. The molecule has 2 fully saturated rings. The molecule has 8 aromatic rings. The molecular formula is C54H50N12O4. The van der Waals surface area contributed by atoms with Crippen molar-refractivity contribution >= 4 is 35.3 Å². The quantitative estimate of drug-likeness (QED) is 0.0655. The summed E-state index contributed by atoms with van der Waals surface area (Å²) < 4.78 is 0. The number of carbonyl (C=O) groups is 4. The van der Waals surface area contributed by atoms with Crippen molar-refractivity contribution in [2.75, 3.05) is 23.7 Å². The van der Waals surface area contributed by atoms with Crippen molar-refractivity contribution < 1.29 is 19.2 Å². The Kier molecular flexibility index (Phi) is 13.2. The van der Waals surface area contributed by atoms with Crippen molar-refractivity contribution in [3.8, 4) is 33.6 Å². The van der Waals surface area contributed by atoms with E-state index in [1.165, 1.54) is 0 Å². The fourth-order valence-corrected chi connectivity index (χ4v) is 9.29. The lowest BCUT2D eigenvalue weighted by molar-refractivity contribution is -0.135. The first-order valence-electron chi connectivity index (χ1n) is 23.3. The first kappa shape index (κ1) is 44.9. The number of hydrogen-bond acceptors (Lipinski definition) is 8. The number of benzene rings is 4. The highest BCUT2D eigenvalue weighted by Gasteiger charge is 2.38. The lowest BCUT2D eigenvalue weighted by Crippen LogP contribution is -2.44. The van der Waals surface area contributed by atoms with Crippen LogP contribution in [0.15, 0.2) is 171 Å². The van der Waals surface area contributed by atoms with E-state index in [4.69, 9.17) is 9.97 Å². The van der Waals surface area contributed by atoms with Gasteiger partial charge in [0, 0.05) is 25.5 Å². The van der Waals surface area contributed by atoms with Gasteiger partial charge in [-0.15, -0.1) is 0 Å². The van der Waals surface area contributed by atoms with Crippen LogP contribution in [0.2, 0.25) is 0 Å². The van der Waals surface area contributed by atoms with Crippen LogP contribution in [0.3, 0.4) is 0 Å². The highest BCUT2D eigenvalue weighted by atomic mass is 16.2. The van der Waals surface area contributed by atoms with Gasteiger partial charge in [-0.3, -0.25) is 19.6 Å². The number of carbonyl (C=O) groups excluding carboxylic acids is 4. The molecule has 70 heavy (non-hydrogen) atoms. The standard InChI is InChI=1S/C54H50N12O4/c67-51(47(39-11-3-1-4-12-39)63-53(69)59-41-15-7-27-55-31-41)65-29-9-17-45(65)49-57-33-43(61-49)37-23-19-35(20-24-37)36-21-25-38(26-22-36)44-34-58-50(62-44)46-18-10-30-66(46)52(68)48(40-13-5-2-6-14-40)64-54(70)60-42-16-8-28-56-32-42/h1-8,11-16,19-28,31-34,45-48H,9-10,17-18,29-30H2,(H,57,61)(H,58,62)(H2,59,63,69)(H2,60,64,70)/t45?,46?,47-,48-/m1/s1. The van der Waals surface area contributed by atoms with Gasteiger partial charge in [-0.2, -0.15) is 0 Å². The Morgan fingerprint density at radius 2 is 0.886 bits per heavy atom. The van der Waals surface area contributed by atoms with E-state index >= 15 is 0 Å². The molecule has 16 heteroatoms. The van der Waals surface area contributed by atoms with Gasteiger partial charge in [-0.1, -0.05) is 109 Å². The number of anilines is 2. The lowest BCUT2D eigenvalue weighted by atomic mass is 10.0. The van der Waals surface area contributed by atoms with E-state index in [1.54, 1.807) is 61.4 Å². The van der Waals surface area contributed by atoms with E-state index in [0.717, 1.165) is 59.3 Å². The Bertz CT molecular complexity index is 2850.